The number of rotatable bonds is 6. The molecule has 0 aliphatic carbocycles. The molecule has 1 amide bonds. The molecule has 4 aromatic rings. The zero-order chi connectivity index (χ0) is 26.9. The first-order valence-corrected chi connectivity index (χ1v) is 13.7. The molecule has 2 heterocycles. The van der Waals surface area contributed by atoms with Gasteiger partial charge in [-0.05, 0) is 36.4 Å². The average Bonchev–Trinajstić information content (AvgIpc) is 2.90. The number of carbonyl (C=O) groups is 1. The van der Waals surface area contributed by atoms with Crippen LogP contribution in [0.5, 0.6) is 0 Å². The van der Waals surface area contributed by atoms with E-state index in [-0.39, 0.29) is 41.1 Å². The molecule has 0 unspecified atom stereocenters. The van der Waals surface area contributed by atoms with Gasteiger partial charge in [-0.1, -0.05) is 48.0 Å². The Kier molecular flexibility index (Phi) is 7.20. The van der Waals surface area contributed by atoms with Crippen molar-refractivity contribution in [2.45, 2.75) is 11.4 Å². The lowest BCUT2D eigenvalue weighted by Crippen LogP contribution is -2.49. The van der Waals surface area contributed by atoms with E-state index in [0.29, 0.717) is 29.5 Å². The summed E-state index contributed by atoms with van der Waals surface area (Å²) < 4.78 is 44.3. The van der Waals surface area contributed by atoms with Gasteiger partial charge in [0, 0.05) is 53.9 Å². The van der Waals surface area contributed by atoms with Gasteiger partial charge in [0.25, 0.3) is 5.56 Å². The van der Waals surface area contributed by atoms with Gasteiger partial charge in [0.15, 0.2) is 0 Å². The molecule has 0 spiro atoms. The number of hydrogen-bond donors (Lipinski definition) is 1. The summed E-state index contributed by atoms with van der Waals surface area (Å²) in [5.74, 6) is -0.871. The van der Waals surface area contributed by atoms with Gasteiger partial charge in [0.05, 0.1) is 5.69 Å². The van der Waals surface area contributed by atoms with Crippen LogP contribution >= 0.6 is 11.6 Å². The molecular formula is C27H24ClFN4O4S. The Morgan fingerprint density at radius 2 is 1.61 bits per heavy atom. The molecule has 1 aliphatic rings. The van der Waals surface area contributed by atoms with Gasteiger partial charge in [0.2, 0.25) is 15.9 Å². The van der Waals surface area contributed by atoms with Crippen LogP contribution in [0.4, 0.5) is 15.8 Å². The summed E-state index contributed by atoms with van der Waals surface area (Å²) in [5, 5.41) is 3.58. The lowest BCUT2D eigenvalue weighted by molar-refractivity contribution is -0.116. The lowest BCUT2D eigenvalue weighted by atomic mass is 10.2. The number of piperazine rings is 1. The fourth-order valence-electron chi connectivity index (χ4n) is 4.57. The summed E-state index contributed by atoms with van der Waals surface area (Å²) >= 11 is 5.98. The maximum atomic E-state index is 14.2. The topological polar surface area (TPSA) is 91.7 Å². The first-order chi connectivity index (χ1) is 18.2. The van der Waals surface area contributed by atoms with Crippen LogP contribution < -0.4 is 15.8 Å². The third kappa shape index (κ3) is 5.15. The quantitative estimate of drug-likeness (QED) is 0.390. The highest BCUT2D eigenvalue weighted by Crippen LogP contribution is 2.27. The van der Waals surface area contributed by atoms with E-state index in [1.807, 2.05) is 0 Å². The van der Waals surface area contributed by atoms with Crippen LogP contribution in [0.1, 0.15) is 0 Å². The van der Waals surface area contributed by atoms with Crippen molar-refractivity contribution >= 4 is 49.7 Å². The fourth-order valence-corrected chi connectivity index (χ4v) is 6.40. The second kappa shape index (κ2) is 10.6. The lowest BCUT2D eigenvalue weighted by Gasteiger charge is -2.35. The smallest absolute Gasteiger partial charge is 0.258 e. The van der Waals surface area contributed by atoms with Gasteiger partial charge >= 0.3 is 0 Å². The molecule has 0 saturated carbocycles. The van der Waals surface area contributed by atoms with E-state index in [9.17, 15) is 22.4 Å². The number of pyridine rings is 1. The number of nitrogens with zero attached hydrogens (tertiary/aromatic N) is 3. The molecule has 1 fully saturated rings. The summed E-state index contributed by atoms with van der Waals surface area (Å²) in [4.78, 5) is 27.6. The Hall–Kier alpha value is -3.73. The zero-order valence-electron chi connectivity index (χ0n) is 20.2. The normalized spacial score (nSPS) is 14.5. The van der Waals surface area contributed by atoms with Crippen molar-refractivity contribution in [3.05, 3.63) is 100 Å². The molecule has 0 bridgehead atoms. The summed E-state index contributed by atoms with van der Waals surface area (Å²) in [6, 6.07) is 19.4. The van der Waals surface area contributed by atoms with E-state index in [2.05, 4.69) is 5.32 Å². The van der Waals surface area contributed by atoms with Gasteiger partial charge in [-0.2, -0.15) is 4.31 Å². The van der Waals surface area contributed by atoms with Gasteiger partial charge in [-0.3, -0.25) is 9.59 Å². The number of fused-ring (bicyclic) bond motifs is 1. The number of sulfonamides is 1. The number of para-hydroxylation sites is 1. The summed E-state index contributed by atoms with van der Waals surface area (Å²) in [6.07, 6.45) is 1.22. The fraction of sp³-hybridized carbons (Fsp3) is 0.185. The van der Waals surface area contributed by atoms with Crippen molar-refractivity contribution in [1.29, 1.82) is 0 Å². The molecule has 0 radical (unpaired) electrons. The monoisotopic (exact) mass is 554 g/mol. The number of aromatic nitrogens is 1. The number of benzene rings is 3. The van der Waals surface area contributed by atoms with Gasteiger partial charge in [0.1, 0.15) is 17.3 Å². The highest BCUT2D eigenvalue weighted by Gasteiger charge is 2.31. The number of nitrogens with one attached hydrogen (secondary N) is 1. The molecular weight excluding hydrogens is 531 g/mol. The zero-order valence-corrected chi connectivity index (χ0v) is 21.8. The highest BCUT2D eigenvalue weighted by molar-refractivity contribution is 7.89. The number of hydrogen-bond acceptors (Lipinski definition) is 5. The van der Waals surface area contributed by atoms with E-state index >= 15 is 0 Å². The minimum atomic E-state index is -4.04. The van der Waals surface area contributed by atoms with Crippen LogP contribution in [0.3, 0.4) is 0 Å². The van der Waals surface area contributed by atoms with Crippen LogP contribution in [0.15, 0.2) is 88.7 Å². The Balaban J connectivity index is 1.44. The van der Waals surface area contributed by atoms with E-state index in [1.54, 1.807) is 65.6 Å². The molecule has 1 N–H and O–H groups in total. The predicted molar refractivity (Wildman–Crippen MR) is 146 cm³/mol. The van der Waals surface area contributed by atoms with Crippen molar-refractivity contribution in [2.24, 2.45) is 0 Å². The van der Waals surface area contributed by atoms with Crippen molar-refractivity contribution in [2.75, 3.05) is 36.4 Å². The Morgan fingerprint density at radius 1 is 0.921 bits per heavy atom. The number of halogens is 2. The van der Waals surface area contributed by atoms with Gasteiger partial charge in [-0.25, -0.2) is 12.8 Å². The van der Waals surface area contributed by atoms with Gasteiger partial charge < -0.3 is 14.8 Å². The molecule has 0 atom stereocenters. The molecule has 11 heteroatoms. The number of carbonyl (C=O) groups excluding carboxylic acids is 1. The SMILES string of the molecule is O=C(Cn1cc(S(=O)(=O)N2CCN(c3ccccc3F)CC2)c2ccccc2c1=O)Nc1cccc(Cl)c1. The van der Waals surface area contributed by atoms with E-state index in [0.717, 1.165) is 4.57 Å². The first-order valence-electron chi connectivity index (χ1n) is 11.9. The van der Waals surface area contributed by atoms with E-state index < -0.39 is 21.5 Å². The van der Waals surface area contributed by atoms with Crippen molar-refractivity contribution in [1.82, 2.24) is 8.87 Å². The highest BCUT2D eigenvalue weighted by atomic mass is 35.5. The molecule has 196 valence electrons. The van der Waals surface area contributed by atoms with Crippen LogP contribution in [0.25, 0.3) is 10.8 Å². The molecule has 38 heavy (non-hydrogen) atoms. The van der Waals surface area contributed by atoms with Crippen LogP contribution in [-0.2, 0) is 21.4 Å². The minimum Gasteiger partial charge on any atom is -0.367 e. The predicted octanol–water partition coefficient (Wildman–Crippen LogP) is 3.94. The Morgan fingerprint density at radius 3 is 2.32 bits per heavy atom. The van der Waals surface area contributed by atoms with Crippen LogP contribution in [0, 0.1) is 5.82 Å². The maximum Gasteiger partial charge on any atom is 0.258 e. The Labute approximate surface area is 223 Å². The summed E-state index contributed by atoms with van der Waals surface area (Å²) in [6.45, 7) is 0.498. The third-order valence-corrected chi connectivity index (χ3v) is 8.59. The standard InChI is InChI=1S/C27H24ClFN4O4S/c28-19-6-5-7-20(16-19)30-26(34)18-32-17-25(21-8-1-2-9-22(21)27(32)35)38(36,37)33-14-12-31(13-15-33)24-11-4-3-10-23(24)29/h1-11,16-17H,12-15,18H2,(H,30,34). The first kappa shape index (κ1) is 25.9. The number of anilines is 2. The van der Waals surface area contributed by atoms with Crippen molar-refractivity contribution in [3.8, 4) is 0 Å². The third-order valence-electron chi connectivity index (χ3n) is 6.43. The molecule has 1 aromatic heterocycles. The van der Waals surface area contributed by atoms with Crippen molar-refractivity contribution < 1.29 is 17.6 Å². The molecule has 5 rings (SSSR count). The second-order valence-electron chi connectivity index (χ2n) is 8.87. The average molecular weight is 555 g/mol. The van der Waals surface area contributed by atoms with E-state index in [1.165, 1.54) is 22.6 Å². The van der Waals surface area contributed by atoms with E-state index in [4.69, 9.17) is 11.6 Å². The minimum absolute atomic E-state index is 0.0670. The van der Waals surface area contributed by atoms with Crippen LogP contribution in [-0.4, -0.2) is 49.4 Å². The van der Waals surface area contributed by atoms with Crippen molar-refractivity contribution in [3.63, 3.8) is 0 Å². The number of amides is 1. The maximum absolute atomic E-state index is 14.2. The summed E-state index contributed by atoms with van der Waals surface area (Å²) in [7, 11) is -4.04. The summed E-state index contributed by atoms with van der Waals surface area (Å²) in [5.41, 5.74) is 0.399. The molecule has 1 saturated heterocycles. The second-order valence-corrected chi connectivity index (χ2v) is 11.2. The molecule has 3 aromatic carbocycles. The Bertz CT molecular complexity index is 1680. The van der Waals surface area contributed by atoms with Crippen LogP contribution in [0.2, 0.25) is 5.02 Å². The van der Waals surface area contributed by atoms with Gasteiger partial charge in [-0.15, -0.1) is 0 Å². The molecule has 1 aliphatic heterocycles. The largest absolute Gasteiger partial charge is 0.367 e. The molecule has 8 nitrogen and oxygen atoms in total.